The largest absolute Gasteiger partial charge is 0.493 e. The Bertz CT molecular complexity index is 1230. The number of carbonyl (C=O) groups is 1. The van der Waals surface area contributed by atoms with Crippen molar-refractivity contribution in [2.75, 3.05) is 26.2 Å². The number of nitrogens with zero attached hydrogens (tertiary/aromatic N) is 4. The summed E-state index contributed by atoms with van der Waals surface area (Å²) in [5.74, 6) is 1.56. The van der Waals surface area contributed by atoms with Gasteiger partial charge < -0.3 is 14.2 Å². The summed E-state index contributed by atoms with van der Waals surface area (Å²) in [5.41, 5.74) is 2.21. The summed E-state index contributed by atoms with van der Waals surface area (Å²) in [6, 6.07) is 14.4. The molecule has 0 saturated carbocycles. The summed E-state index contributed by atoms with van der Waals surface area (Å²) in [6.07, 6.45) is 1.65. The summed E-state index contributed by atoms with van der Waals surface area (Å²) in [7, 11) is 4.59. The molecule has 0 atom stereocenters. The van der Waals surface area contributed by atoms with Crippen LogP contribution < -0.4 is 19.1 Å². The molecule has 1 aromatic heterocycles. The minimum atomic E-state index is -0.385. The lowest BCUT2D eigenvalue weighted by atomic mass is 10.1. The molecule has 8 nitrogen and oxygen atoms in total. The van der Waals surface area contributed by atoms with Gasteiger partial charge in [0.05, 0.1) is 21.3 Å². The van der Waals surface area contributed by atoms with Crippen LogP contribution in [0, 0.1) is 6.92 Å². The predicted molar refractivity (Wildman–Crippen MR) is 126 cm³/mol. The predicted octanol–water partition coefficient (Wildman–Crippen LogP) is 4.30. The highest BCUT2D eigenvalue weighted by Crippen LogP contribution is 2.39. The highest BCUT2D eigenvalue weighted by atomic mass is 35.5. The Labute approximate surface area is 196 Å². The summed E-state index contributed by atoms with van der Waals surface area (Å²) in [4.78, 5) is 28.1. The molecular formula is C24H21ClN4O4. The van der Waals surface area contributed by atoms with E-state index in [0.29, 0.717) is 34.3 Å². The average Bonchev–Trinajstić information content (AvgIpc) is 3.14. The molecule has 33 heavy (non-hydrogen) atoms. The van der Waals surface area contributed by atoms with Crippen LogP contribution in [-0.4, -0.2) is 43.0 Å². The van der Waals surface area contributed by atoms with Gasteiger partial charge in [-0.05, 0) is 36.8 Å². The Morgan fingerprint density at radius 3 is 2.18 bits per heavy atom. The Balaban J connectivity index is 1.85. The molecule has 3 aromatic rings. The molecule has 9 heteroatoms. The number of carbonyl (C=O) groups excluding carboxylic acids is 1. The van der Waals surface area contributed by atoms with Crippen LogP contribution in [-0.2, 0) is 4.79 Å². The molecule has 1 aliphatic heterocycles. The van der Waals surface area contributed by atoms with Gasteiger partial charge in [0, 0.05) is 11.3 Å². The first-order valence-corrected chi connectivity index (χ1v) is 10.3. The zero-order valence-corrected chi connectivity index (χ0v) is 19.3. The molecule has 0 unspecified atom stereocenters. The van der Waals surface area contributed by atoms with Crippen molar-refractivity contribution in [1.29, 1.82) is 0 Å². The highest BCUT2D eigenvalue weighted by Gasteiger charge is 2.34. The maximum absolute atomic E-state index is 13.5. The van der Waals surface area contributed by atoms with Gasteiger partial charge in [0.1, 0.15) is 10.9 Å². The van der Waals surface area contributed by atoms with Crippen molar-refractivity contribution < 1.29 is 19.0 Å². The second kappa shape index (κ2) is 9.30. The molecule has 0 N–H and O–H groups in total. The first-order valence-electron chi connectivity index (χ1n) is 9.96. The number of methoxy groups -OCH3 is 3. The fraction of sp³-hybridized carbons (Fsp3) is 0.167. The van der Waals surface area contributed by atoms with E-state index in [1.54, 1.807) is 31.2 Å². The van der Waals surface area contributed by atoms with E-state index < -0.39 is 0 Å². The van der Waals surface area contributed by atoms with Crippen molar-refractivity contribution in [1.82, 2.24) is 9.97 Å². The number of amides is 1. The van der Waals surface area contributed by atoms with Gasteiger partial charge in [-0.2, -0.15) is 0 Å². The molecular weight excluding hydrogens is 444 g/mol. The molecule has 168 valence electrons. The molecule has 0 saturated heterocycles. The van der Waals surface area contributed by atoms with Gasteiger partial charge in [0.15, 0.2) is 17.3 Å². The lowest BCUT2D eigenvalue weighted by molar-refractivity contribution is -0.113. The topological polar surface area (TPSA) is 86.1 Å². The van der Waals surface area contributed by atoms with E-state index in [1.807, 2.05) is 30.3 Å². The van der Waals surface area contributed by atoms with Crippen LogP contribution >= 0.6 is 11.6 Å². The van der Waals surface area contributed by atoms with Gasteiger partial charge in [0.25, 0.3) is 5.91 Å². The summed E-state index contributed by atoms with van der Waals surface area (Å²) < 4.78 is 16.2. The van der Waals surface area contributed by atoms with Crippen LogP contribution in [0.15, 0.2) is 59.2 Å². The maximum atomic E-state index is 13.5. The number of hydrogen-bond acceptors (Lipinski definition) is 7. The fourth-order valence-corrected chi connectivity index (χ4v) is 3.67. The van der Waals surface area contributed by atoms with E-state index in [0.717, 1.165) is 5.56 Å². The van der Waals surface area contributed by atoms with E-state index in [-0.39, 0.29) is 22.7 Å². The van der Waals surface area contributed by atoms with Crippen LogP contribution in [0.25, 0.3) is 6.08 Å². The van der Waals surface area contributed by atoms with Gasteiger partial charge >= 0.3 is 0 Å². The average molecular weight is 465 g/mol. The number of aryl methyl sites for hydroxylation is 1. The standard InChI is InChI=1S/C24H21ClN4O4/c1-14-10-20(25)28-24(26-14)29-22(16-8-6-5-7-9-16)27-17(23(29)30)11-15-12-18(31-2)21(33-4)19(13-15)32-3/h5-13H,1-4H3/b17-11+. The summed E-state index contributed by atoms with van der Waals surface area (Å²) >= 11 is 6.15. The smallest absolute Gasteiger partial charge is 0.285 e. The number of hydrogen-bond donors (Lipinski definition) is 0. The summed E-state index contributed by atoms with van der Waals surface area (Å²) in [5, 5.41) is 0.236. The number of amidine groups is 1. The number of benzene rings is 2. The zero-order chi connectivity index (χ0) is 23.5. The van der Waals surface area contributed by atoms with Gasteiger partial charge in [-0.1, -0.05) is 41.9 Å². The normalized spacial score (nSPS) is 14.5. The Hall–Kier alpha value is -3.91. The molecule has 4 rings (SSSR count). The second-order valence-corrected chi connectivity index (χ2v) is 7.45. The van der Waals surface area contributed by atoms with Crippen molar-refractivity contribution in [2.45, 2.75) is 6.92 Å². The Morgan fingerprint density at radius 2 is 1.61 bits per heavy atom. The lowest BCUT2D eigenvalue weighted by Gasteiger charge is -2.17. The SMILES string of the molecule is COc1cc(/C=C2/N=C(c3ccccc3)N(c3nc(C)cc(Cl)n3)C2=O)cc(OC)c1OC. The lowest BCUT2D eigenvalue weighted by Crippen LogP contribution is -2.34. The number of anilines is 1. The van der Waals surface area contributed by atoms with Crippen molar-refractivity contribution in [3.63, 3.8) is 0 Å². The molecule has 2 heterocycles. The second-order valence-electron chi connectivity index (χ2n) is 7.06. The number of ether oxygens (including phenoxy) is 3. The number of halogens is 1. The monoisotopic (exact) mass is 464 g/mol. The highest BCUT2D eigenvalue weighted by molar-refractivity contribution is 6.33. The minimum Gasteiger partial charge on any atom is -0.493 e. The van der Waals surface area contributed by atoms with Crippen LogP contribution in [0.3, 0.4) is 0 Å². The Kier molecular flexibility index (Phi) is 6.28. The summed E-state index contributed by atoms with van der Waals surface area (Å²) in [6.45, 7) is 1.78. The molecule has 0 aliphatic carbocycles. The van der Waals surface area contributed by atoms with Crippen molar-refractivity contribution in [3.05, 3.63) is 76.2 Å². The van der Waals surface area contributed by atoms with Crippen molar-refractivity contribution in [3.8, 4) is 17.2 Å². The van der Waals surface area contributed by atoms with Crippen LogP contribution in [0.5, 0.6) is 17.2 Å². The zero-order valence-electron chi connectivity index (χ0n) is 18.5. The van der Waals surface area contributed by atoms with Crippen molar-refractivity contribution in [2.24, 2.45) is 4.99 Å². The molecule has 1 aliphatic rings. The van der Waals surface area contributed by atoms with E-state index in [4.69, 9.17) is 25.8 Å². The first-order chi connectivity index (χ1) is 15.9. The third-order valence-corrected chi connectivity index (χ3v) is 5.09. The fourth-order valence-electron chi connectivity index (χ4n) is 3.44. The molecule has 0 bridgehead atoms. The van der Waals surface area contributed by atoms with E-state index >= 15 is 0 Å². The van der Waals surface area contributed by atoms with Crippen LogP contribution in [0.1, 0.15) is 16.8 Å². The maximum Gasteiger partial charge on any atom is 0.285 e. The number of rotatable bonds is 6. The molecule has 0 spiro atoms. The van der Waals surface area contributed by atoms with E-state index in [1.165, 1.54) is 26.2 Å². The van der Waals surface area contributed by atoms with Crippen molar-refractivity contribution >= 4 is 35.4 Å². The van der Waals surface area contributed by atoms with E-state index in [9.17, 15) is 4.79 Å². The van der Waals surface area contributed by atoms with Gasteiger partial charge in [-0.3, -0.25) is 4.79 Å². The Morgan fingerprint density at radius 1 is 0.939 bits per heavy atom. The first kappa shape index (κ1) is 22.3. The van der Waals surface area contributed by atoms with Gasteiger partial charge in [-0.15, -0.1) is 0 Å². The molecule has 1 amide bonds. The van der Waals surface area contributed by atoms with Gasteiger partial charge in [-0.25, -0.2) is 19.9 Å². The van der Waals surface area contributed by atoms with Crippen LogP contribution in [0.4, 0.5) is 5.95 Å². The van der Waals surface area contributed by atoms with Gasteiger partial charge in [0.2, 0.25) is 11.7 Å². The molecule has 2 aromatic carbocycles. The number of aromatic nitrogens is 2. The molecule has 0 radical (unpaired) electrons. The quantitative estimate of drug-likeness (QED) is 0.399. The minimum absolute atomic E-state index is 0.154. The molecule has 0 fully saturated rings. The third-order valence-electron chi connectivity index (χ3n) is 4.89. The van der Waals surface area contributed by atoms with Crippen LogP contribution in [0.2, 0.25) is 5.15 Å². The van der Waals surface area contributed by atoms with E-state index in [2.05, 4.69) is 15.0 Å². The number of aliphatic imine (C=N–C) groups is 1. The third kappa shape index (κ3) is 4.38.